The Kier molecular flexibility index (Phi) is 7.28. The number of amides is 2. The van der Waals surface area contributed by atoms with E-state index in [1.54, 1.807) is 17.5 Å². The number of hydrogen-bond donors (Lipinski definition) is 2. The summed E-state index contributed by atoms with van der Waals surface area (Å²) >= 11 is 7.12. The number of sulfone groups is 1. The lowest BCUT2D eigenvalue weighted by Gasteiger charge is -2.17. The molecule has 7 nitrogen and oxygen atoms in total. The van der Waals surface area contributed by atoms with Crippen LogP contribution < -0.4 is 10.6 Å². The molecule has 2 aromatic rings. The van der Waals surface area contributed by atoms with Gasteiger partial charge in [-0.05, 0) is 48.6 Å². The fourth-order valence-electron chi connectivity index (χ4n) is 2.98. The molecule has 1 fully saturated rings. The maximum Gasteiger partial charge on any atom is 0.309 e. The first-order chi connectivity index (χ1) is 13.9. The van der Waals surface area contributed by atoms with Gasteiger partial charge in [0.15, 0.2) is 9.84 Å². The van der Waals surface area contributed by atoms with E-state index in [9.17, 15) is 18.0 Å². The van der Waals surface area contributed by atoms with Crippen molar-refractivity contribution in [2.75, 3.05) is 19.7 Å². The Labute approximate surface area is 178 Å². The van der Waals surface area contributed by atoms with Gasteiger partial charge in [-0.1, -0.05) is 17.7 Å². The molecule has 3 rings (SSSR count). The third kappa shape index (κ3) is 5.57. The van der Waals surface area contributed by atoms with Crippen LogP contribution in [0.1, 0.15) is 23.0 Å². The van der Waals surface area contributed by atoms with E-state index in [2.05, 4.69) is 10.6 Å². The van der Waals surface area contributed by atoms with Gasteiger partial charge in [0, 0.05) is 29.6 Å². The lowest BCUT2D eigenvalue weighted by atomic mass is 10.2. The number of carbonyl (C=O) groups is 2. The van der Waals surface area contributed by atoms with Crippen molar-refractivity contribution in [2.45, 2.75) is 29.1 Å². The van der Waals surface area contributed by atoms with Crippen LogP contribution in [0.4, 0.5) is 0 Å². The number of carbonyl (C=O) groups excluding carboxylic acids is 2. The predicted molar refractivity (Wildman–Crippen MR) is 111 cm³/mol. The Bertz CT molecular complexity index is 939. The summed E-state index contributed by atoms with van der Waals surface area (Å²) in [6, 6.07) is 9.27. The van der Waals surface area contributed by atoms with Crippen LogP contribution in [0, 0.1) is 0 Å². The van der Waals surface area contributed by atoms with Gasteiger partial charge < -0.3 is 15.4 Å². The van der Waals surface area contributed by atoms with Gasteiger partial charge in [0.25, 0.3) is 0 Å². The van der Waals surface area contributed by atoms with Gasteiger partial charge in [0.1, 0.15) is 5.25 Å². The molecule has 10 heteroatoms. The average Bonchev–Trinajstić information content (AvgIpc) is 3.40. The van der Waals surface area contributed by atoms with Crippen LogP contribution in [0.5, 0.6) is 0 Å². The summed E-state index contributed by atoms with van der Waals surface area (Å²) in [7, 11) is -3.80. The van der Waals surface area contributed by atoms with Gasteiger partial charge in [-0.2, -0.15) is 0 Å². The summed E-state index contributed by atoms with van der Waals surface area (Å²) in [4.78, 5) is 24.8. The molecule has 2 amide bonds. The second kappa shape index (κ2) is 9.71. The summed E-state index contributed by atoms with van der Waals surface area (Å²) in [5.74, 6) is -1.69. The number of ether oxygens (including phenoxy) is 1. The minimum Gasteiger partial charge on any atom is -0.376 e. The molecule has 2 atom stereocenters. The first-order valence-electron chi connectivity index (χ1n) is 9.08. The van der Waals surface area contributed by atoms with Crippen molar-refractivity contribution in [3.05, 3.63) is 51.7 Å². The molecule has 1 aliphatic rings. The second-order valence-corrected chi connectivity index (χ2v) is 10.1. The lowest BCUT2D eigenvalue weighted by molar-refractivity contribution is -0.139. The number of nitrogens with one attached hydrogen (secondary N) is 2. The van der Waals surface area contributed by atoms with E-state index in [4.69, 9.17) is 16.3 Å². The molecule has 1 aromatic heterocycles. The number of benzene rings is 1. The summed E-state index contributed by atoms with van der Waals surface area (Å²) in [6.45, 7) is 0.680. The zero-order valence-electron chi connectivity index (χ0n) is 15.5. The van der Waals surface area contributed by atoms with Gasteiger partial charge in [-0.15, -0.1) is 11.3 Å². The van der Waals surface area contributed by atoms with Crippen molar-refractivity contribution in [3.8, 4) is 0 Å². The Hall–Kier alpha value is -1.94. The van der Waals surface area contributed by atoms with Crippen LogP contribution in [0.2, 0.25) is 5.02 Å². The van der Waals surface area contributed by atoms with Crippen molar-refractivity contribution in [2.24, 2.45) is 0 Å². The van der Waals surface area contributed by atoms with Gasteiger partial charge >= 0.3 is 11.8 Å². The van der Waals surface area contributed by atoms with Gasteiger partial charge in [-0.3, -0.25) is 9.59 Å². The van der Waals surface area contributed by atoms with Gasteiger partial charge in [-0.25, -0.2) is 8.42 Å². The van der Waals surface area contributed by atoms with E-state index in [1.807, 2.05) is 0 Å². The highest BCUT2D eigenvalue weighted by atomic mass is 35.5. The largest absolute Gasteiger partial charge is 0.376 e. The van der Waals surface area contributed by atoms with E-state index in [-0.39, 0.29) is 24.1 Å². The average molecular weight is 457 g/mol. The summed E-state index contributed by atoms with van der Waals surface area (Å²) < 4.78 is 31.6. The monoisotopic (exact) mass is 456 g/mol. The molecule has 0 aliphatic carbocycles. The third-order valence-electron chi connectivity index (χ3n) is 4.55. The van der Waals surface area contributed by atoms with E-state index in [0.29, 0.717) is 16.5 Å². The highest BCUT2D eigenvalue weighted by molar-refractivity contribution is 7.91. The van der Waals surface area contributed by atoms with Crippen LogP contribution in [0.15, 0.2) is 46.7 Å². The number of thiophene rings is 1. The van der Waals surface area contributed by atoms with Crippen LogP contribution in [0.3, 0.4) is 0 Å². The highest BCUT2D eigenvalue weighted by Gasteiger charge is 2.31. The minimum absolute atomic E-state index is 0.0871. The molecule has 0 spiro atoms. The van der Waals surface area contributed by atoms with E-state index < -0.39 is 26.9 Å². The zero-order valence-corrected chi connectivity index (χ0v) is 17.9. The van der Waals surface area contributed by atoms with Gasteiger partial charge in [0.2, 0.25) is 0 Å². The van der Waals surface area contributed by atoms with Crippen LogP contribution >= 0.6 is 22.9 Å². The van der Waals surface area contributed by atoms with Crippen molar-refractivity contribution < 1.29 is 22.7 Å². The molecule has 0 radical (unpaired) electrons. The van der Waals surface area contributed by atoms with Crippen molar-refractivity contribution in [3.63, 3.8) is 0 Å². The molecule has 0 bridgehead atoms. The quantitative estimate of drug-likeness (QED) is 0.622. The number of halogens is 1. The molecular formula is C19H21ClN2O5S2. The molecule has 1 aliphatic heterocycles. The van der Waals surface area contributed by atoms with Crippen LogP contribution in [0.25, 0.3) is 0 Å². The Morgan fingerprint density at radius 2 is 1.90 bits per heavy atom. The van der Waals surface area contributed by atoms with Crippen molar-refractivity contribution in [1.29, 1.82) is 0 Å². The SMILES string of the molecule is O=C(NC[C@H]1CCCO1)C(=O)NC[C@@H](c1cccs1)S(=O)(=O)c1ccc(Cl)cc1. The summed E-state index contributed by atoms with van der Waals surface area (Å²) in [5.41, 5.74) is 0. The molecule has 0 unspecified atom stereocenters. The molecule has 0 saturated carbocycles. The molecule has 156 valence electrons. The highest BCUT2D eigenvalue weighted by Crippen LogP contribution is 2.31. The molecule has 29 heavy (non-hydrogen) atoms. The summed E-state index contributed by atoms with van der Waals surface area (Å²) in [6.07, 6.45) is 1.68. The number of rotatable bonds is 7. The zero-order chi connectivity index (χ0) is 20.9. The van der Waals surface area contributed by atoms with Crippen molar-refractivity contribution >= 4 is 44.6 Å². The smallest absolute Gasteiger partial charge is 0.309 e. The maximum absolute atomic E-state index is 13.1. The van der Waals surface area contributed by atoms with E-state index >= 15 is 0 Å². The predicted octanol–water partition coefficient (Wildman–Crippen LogP) is 2.33. The number of hydrogen-bond acceptors (Lipinski definition) is 6. The topological polar surface area (TPSA) is 102 Å². The maximum atomic E-state index is 13.1. The Balaban J connectivity index is 1.67. The molecule has 1 aromatic carbocycles. The van der Waals surface area contributed by atoms with Crippen LogP contribution in [-0.2, 0) is 24.2 Å². The third-order valence-corrected chi connectivity index (χ3v) is 8.03. The molecule has 2 heterocycles. The first-order valence-corrected chi connectivity index (χ1v) is 11.9. The Morgan fingerprint density at radius 1 is 1.17 bits per heavy atom. The van der Waals surface area contributed by atoms with E-state index in [1.165, 1.54) is 35.6 Å². The lowest BCUT2D eigenvalue weighted by Crippen LogP contribution is -2.44. The standard InChI is InChI=1S/C19H21ClN2O5S2/c20-13-5-7-15(8-6-13)29(25,26)17(16-4-2-10-28-16)12-22-19(24)18(23)21-11-14-3-1-9-27-14/h2,4-8,10,14,17H,1,3,9,11-12H2,(H,21,23)(H,22,24)/t14-,17+/m1/s1. The van der Waals surface area contributed by atoms with Gasteiger partial charge in [0.05, 0.1) is 11.0 Å². The molecule has 2 N–H and O–H groups in total. The first kappa shape index (κ1) is 21.8. The second-order valence-electron chi connectivity index (χ2n) is 6.56. The van der Waals surface area contributed by atoms with Crippen molar-refractivity contribution in [1.82, 2.24) is 10.6 Å². The van der Waals surface area contributed by atoms with E-state index in [0.717, 1.165) is 12.8 Å². The fourth-order valence-corrected chi connectivity index (χ4v) is 5.89. The Morgan fingerprint density at radius 3 is 2.52 bits per heavy atom. The summed E-state index contributed by atoms with van der Waals surface area (Å²) in [5, 5.41) is 6.13. The fraction of sp³-hybridized carbons (Fsp3) is 0.368. The normalized spacial score (nSPS) is 17.6. The molecular weight excluding hydrogens is 436 g/mol. The van der Waals surface area contributed by atoms with Crippen LogP contribution in [-0.4, -0.2) is 46.0 Å². The molecule has 1 saturated heterocycles. The minimum atomic E-state index is -3.80.